The zero-order chi connectivity index (χ0) is 22.7. The molecule has 0 saturated heterocycles. The molecule has 168 valence electrons. The maximum absolute atomic E-state index is 12.4. The molecule has 4 rings (SSSR count). The fourth-order valence-corrected chi connectivity index (χ4v) is 4.42. The van der Waals surface area contributed by atoms with E-state index in [9.17, 15) is 13.2 Å². The van der Waals surface area contributed by atoms with Crippen LogP contribution in [0, 0.1) is 0 Å². The fourth-order valence-electron chi connectivity index (χ4n) is 3.18. The Morgan fingerprint density at radius 2 is 1.84 bits per heavy atom. The average Bonchev–Trinajstić information content (AvgIpc) is 3.25. The van der Waals surface area contributed by atoms with E-state index < -0.39 is 10.0 Å². The molecule has 0 spiro atoms. The second-order valence-corrected chi connectivity index (χ2v) is 10.2. The summed E-state index contributed by atoms with van der Waals surface area (Å²) in [4.78, 5) is 16.8. The van der Waals surface area contributed by atoms with Gasteiger partial charge in [-0.25, -0.2) is 13.4 Å². The maximum atomic E-state index is 12.4. The van der Waals surface area contributed by atoms with E-state index in [0.717, 1.165) is 23.1 Å². The Labute approximate surface area is 190 Å². The standard InChI is InChI=1S/C22H23N3O5S2/c1-25(32(2,27)28)17-7-5-16(6-8-17)18-14-31-22(23-18)24-21(26)10-4-15-3-9-19-20(13-15)30-12-11-29-19/h3,5-9,13-14H,4,10-12H2,1-2H3,(H,23,24,26). The number of amides is 1. The second-order valence-electron chi connectivity index (χ2n) is 7.34. The number of fused-ring (bicyclic) bond motifs is 1. The van der Waals surface area contributed by atoms with Gasteiger partial charge in [0.1, 0.15) is 13.2 Å². The number of aryl methyl sites for hydroxylation is 1. The van der Waals surface area contributed by atoms with Crippen molar-refractivity contribution in [3.63, 3.8) is 0 Å². The minimum absolute atomic E-state index is 0.120. The van der Waals surface area contributed by atoms with E-state index >= 15 is 0 Å². The molecule has 32 heavy (non-hydrogen) atoms. The largest absolute Gasteiger partial charge is 0.486 e. The van der Waals surface area contributed by atoms with Crippen LogP contribution in [0.1, 0.15) is 12.0 Å². The van der Waals surface area contributed by atoms with Gasteiger partial charge < -0.3 is 14.8 Å². The summed E-state index contributed by atoms with van der Waals surface area (Å²) in [7, 11) is -1.81. The second kappa shape index (κ2) is 9.17. The molecule has 0 aliphatic carbocycles. The van der Waals surface area contributed by atoms with Gasteiger partial charge in [-0.15, -0.1) is 11.3 Å². The lowest BCUT2D eigenvalue weighted by Crippen LogP contribution is -2.24. The molecule has 1 N–H and O–H groups in total. The summed E-state index contributed by atoms with van der Waals surface area (Å²) in [5.74, 6) is 1.33. The number of nitrogens with one attached hydrogen (secondary N) is 1. The number of hydrogen-bond acceptors (Lipinski definition) is 7. The molecular formula is C22H23N3O5S2. The molecule has 0 radical (unpaired) electrons. The van der Waals surface area contributed by atoms with Crippen LogP contribution in [-0.4, -0.2) is 45.8 Å². The first-order valence-corrected chi connectivity index (χ1v) is 12.7. The Kier molecular flexibility index (Phi) is 6.33. The van der Waals surface area contributed by atoms with Gasteiger partial charge in [0.15, 0.2) is 16.6 Å². The Hall–Kier alpha value is -3.11. The number of carbonyl (C=O) groups excluding carboxylic acids is 1. The minimum atomic E-state index is -3.31. The molecule has 8 nitrogen and oxygen atoms in total. The van der Waals surface area contributed by atoms with Gasteiger partial charge in [-0.05, 0) is 36.2 Å². The van der Waals surface area contributed by atoms with Crippen molar-refractivity contribution in [1.29, 1.82) is 0 Å². The lowest BCUT2D eigenvalue weighted by Gasteiger charge is -2.18. The summed E-state index contributed by atoms with van der Waals surface area (Å²) in [6, 6.07) is 12.8. The average molecular weight is 474 g/mol. The van der Waals surface area contributed by atoms with Gasteiger partial charge in [0.05, 0.1) is 17.6 Å². The number of hydrogen-bond donors (Lipinski definition) is 1. The molecule has 0 bridgehead atoms. The number of rotatable bonds is 7. The first kappa shape index (κ1) is 22.1. The minimum Gasteiger partial charge on any atom is -0.486 e. The van der Waals surface area contributed by atoms with Crippen LogP contribution < -0.4 is 19.1 Å². The number of aromatic nitrogens is 1. The van der Waals surface area contributed by atoms with Crippen molar-refractivity contribution in [3.05, 3.63) is 53.4 Å². The van der Waals surface area contributed by atoms with Gasteiger partial charge in [0.25, 0.3) is 0 Å². The van der Waals surface area contributed by atoms with E-state index in [2.05, 4.69) is 10.3 Å². The van der Waals surface area contributed by atoms with Crippen molar-refractivity contribution in [3.8, 4) is 22.8 Å². The zero-order valence-corrected chi connectivity index (χ0v) is 19.3. The van der Waals surface area contributed by atoms with Crippen molar-refractivity contribution in [2.75, 3.05) is 36.1 Å². The van der Waals surface area contributed by atoms with E-state index in [4.69, 9.17) is 9.47 Å². The Morgan fingerprint density at radius 3 is 2.56 bits per heavy atom. The summed E-state index contributed by atoms with van der Waals surface area (Å²) in [6.45, 7) is 1.08. The smallest absolute Gasteiger partial charge is 0.231 e. The van der Waals surface area contributed by atoms with Crippen molar-refractivity contribution in [2.24, 2.45) is 0 Å². The van der Waals surface area contributed by atoms with Crippen molar-refractivity contribution < 1.29 is 22.7 Å². The highest BCUT2D eigenvalue weighted by Gasteiger charge is 2.14. The number of thiazole rings is 1. The van der Waals surface area contributed by atoms with E-state index in [-0.39, 0.29) is 5.91 Å². The molecule has 10 heteroatoms. The fraction of sp³-hybridized carbons (Fsp3) is 0.273. The van der Waals surface area contributed by atoms with E-state index in [1.165, 1.54) is 22.7 Å². The van der Waals surface area contributed by atoms with Crippen molar-refractivity contribution in [1.82, 2.24) is 4.98 Å². The number of benzene rings is 2. The Morgan fingerprint density at radius 1 is 1.12 bits per heavy atom. The summed E-state index contributed by atoms with van der Waals surface area (Å²) < 4.78 is 35.6. The molecule has 0 unspecified atom stereocenters. The third-order valence-electron chi connectivity index (χ3n) is 5.02. The van der Waals surface area contributed by atoms with Crippen LogP contribution in [0.5, 0.6) is 11.5 Å². The number of sulfonamides is 1. The van der Waals surface area contributed by atoms with Crippen LogP contribution in [0.15, 0.2) is 47.8 Å². The molecule has 2 aromatic carbocycles. The van der Waals surface area contributed by atoms with E-state index in [0.29, 0.717) is 48.3 Å². The quantitative estimate of drug-likeness (QED) is 0.564. The highest BCUT2D eigenvalue weighted by Crippen LogP contribution is 2.31. The number of carbonyl (C=O) groups is 1. The lowest BCUT2D eigenvalue weighted by atomic mass is 10.1. The molecule has 1 aromatic heterocycles. The van der Waals surface area contributed by atoms with Gasteiger partial charge in [-0.2, -0.15) is 0 Å². The summed E-state index contributed by atoms with van der Waals surface area (Å²) >= 11 is 1.34. The van der Waals surface area contributed by atoms with Crippen LogP contribution in [0.4, 0.5) is 10.8 Å². The molecular weight excluding hydrogens is 450 g/mol. The highest BCUT2D eigenvalue weighted by molar-refractivity contribution is 7.92. The van der Waals surface area contributed by atoms with Gasteiger partial charge >= 0.3 is 0 Å². The molecule has 0 fully saturated rings. The number of anilines is 2. The predicted octanol–water partition coefficient (Wildman–Crippen LogP) is 3.55. The lowest BCUT2D eigenvalue weighted by molar-refractivity contribution is -0.116. The molecule has 1 aliphatic rings. The monoisotopic (exact) mass is 473 g/mol. The summed E-state index contributed by atoms with van der Waals surface area (Å²) in [5.41, 5.74) is 3.12. The number of ether oxygens (including phenoxy) is 2. The van der Waals surface area contributed by atoms with Crippen molar-refractivity contribution in [2.45, 2.75) is 12.8 Å². The van der Waals surface area contributed by atoms with Gasteiger partial charge in [0.2, 0.25) is 15.9 Å². The molecule has 1 aliphatic heterocycles. The van der Waals surface area contributed by atoms with Gasteiger partial charge in [-0.1, -0.05) is 18.2 Å². The van der Waals surface area contributed by atoms with Crippen LogP contribution in [0.2, 0.25) is 0 Å². The molecule has 2 heterocycles. The zero-order valence-electron chi connectivity index (χ0n) is 17.7. The third kappa shape index (κ3) is 5.20. The SMILES string of the molecule is CN(c1ccc(-c2csc(NC(=O)CCc3ccc4c(c3)OCCO4)n2)cc1)S(C)(=O)=O. The molecule has 1 amide bonds. The first-order chi connectivity index (χ1) is 15.3. The molecule has 0 saturated carbocycles. The first-order valence-electron chi connectivity index (χ1n) is 9.98. The Bertz CT molecular complexity index is 1220. The van der Waals surface area contributed by atoms with Gasteiger partial charge in [-0.3, -0.25) is 9.10 Å². The van der Waals surface area contributed by atoms with Crippen molar-refractivity contribution >= 4 is 38.1 Å². The summed E-state index contributed by atoms with van der Waals surface area (Å²) in [6.07, 6.45) is 2.06. The molecule has 3 aromatic rings. The Balaban J connectivity index is 1.34. The normalized spacial score (nSPS) is 12.9. The highest BCUT2D eigenvalue weighted by atomic mass is 32.2. The predicted molar refractivity (Wildman–Crippen MR) is 125 cm³/mol. The topological polar surface area (TPSA) is 97.8 Å². The maximum Gasteiger partial charge on any atom is 0.231 e. The number of nitrogens with zero attached hydrogens (tertiary/aromatic N) is 2. The summed E-state index contributed by atoms with van der Waals surface area (Å²) in [5, 5.41) is 5.21. The van der Waals surface area contributed by atoms with Crippen LogP contribution >= 0.6 is 11.3 Å². The van der Waals surface area contributed by atoms with E-state index in [1.54, 1.807) is 24.3 Å². The van der Waals surface area contributed by atoms with Gasteiger partial charge in [0, 0.05) is 24.4 Å². The van der Waals surface area contributed by atoms with Crippen LogP contribution in [0.25, 0.3) is 11.3 Å². The van der Waals surface area contributed by atoms with E-state index in [1.807, 2.05) is 23.6 Å². The molecule has 0 atom stereocenters. The van der Waals surface area contributed by atoms with Crippen LogP contribution in [0.3, 0.4) is 0 Å². The van der Waals surface area contributed by atoms with Crippen LogP contribution in [-0.2, 0) is 21.2 Å². The third-order valence-corrected chi connectivity index (χ3v) is 6.99.